The molecular weight excluding hydrogens is 512 g/mol. The van der Waals surface area contributed by atoms with Crippen molar-refractivity contribution in [2.45, 2.75) is 45.8 Å². The van der Waals surface area contributed by atoms with Gasteiger partial charge in [0.15, 0.2) is 6.29 Å². The Balaban J connectivity index is 2.58. The summed E-state index contributed by atoms with van der Waals surface area (Å²) in [6.45, 7) is 6.92. The van der Waals surface area contributed by atoms with E-state index in [1.54, 1.807) is 13.0 Å². The number of nitro benzene ring substituents is 1. The van der Waals surface area contributed by atoms with Crippen LogP contribution in [0.5, 0.6) is 0 Å². The molecular formula is C27H38N2O10. The lowest BCUT2D eigenvalue weighted by Crippen LogP contribution is -2.39. The number of nitrogens with zero attached hydrogens (tertiary/aromatic N) is 1. The number of allylic oxidation sites excluding steroid dienone is 1. The van der Waals surface area contributed by atoms with E-state index in [2.05, 4.69) is 5.32 Å². The first-order chi connectivity index (χ1) is 18.8. The third-order valence-corrected chi connectivity index (χ3v) is 5.73. The summed E-state index contributed by atoms with van der Waals surface area (Å²) in [6.07, 6.45) is 0.601. The van der Waals surface area contributed by atoms with Gasteiger partial charge in [0, 0.05) is 45.3 Å². The van der Waals surface area contributed by atoms with Crippen LogP contribution in [-0.4, -0.2) is 77.0 Å². The zero-order valence-corrected chi connectivity index (χ0v) is 23.2. The maximum absolute atomic E-state index is 13.6. The van der Waals surface area contributed by atoms with Crippen molar-refractivity contribution in [1.29, 1.82) is 0 Å². The van der Waals surface area contributed by atoms with Gasteiger partial charge in [0.25, 0.3) is 5.69 Å². The molecule has 0 amide bonds. The molecule has 2 rings (SSSR count). The third-order valence-electron chi connectivity index (χ3n) is 5.73. The number of esters is 2. The Kier molecular flexibility index (Phi) is 13.6. The lowest BCUT2D eigenvalue weighted by atomic mass is 9.80. The summed E-state index contributed by atoms with van der Waals surface area (Å²) in [7, 11) is 2.79. The van der Waals surface area contributed by atoms with Crippen molar-refractivity contribution in [3.63, 3.8) is 0 Å². The highest BCUT2D eigenvalue weighted by molar-refractivity contribution is 6.00. The molecule has 0 radical (unpaired) electrons. The smallest absolute Gasteiger partial charge is 0.337 e. The molecule has 0 aliphatic carbocycles. The second-order valence-corrected chi connectivity index (χ2v) is 8.58. The third kappa shape index (κ3) is 8.85. The van der Waals surface area contributed by atoms with Gasteiger partial charge in [-0.3, -0.25) is 10.1 Å². The van der Waals surface area contributed by atoms with E-state index >= 15 is 0 Å². The molecule has 1 atom stereocenters. The highest BCUT2D eigenvalue weighted by Crippen LogP contribution is 2.41. The zero-order chi connectivity index (χ0) is 28.8. The molecule has 0 fully saturated rings. The minimum absolute atomic E-state index is 0.000488. The molecule has 0 spiro atoms. The van der Waals surface area contributed by atoms with E-state index in [4.69, 9.17) is 28.4 Å². The predicted octanol–water partition coefficient (Wildman–Crippen LogP) is 3.37. The Morgan fingerprint density at radius 2 is 1.49 bits per heavy atom. The van der Waals surface area contributed by atoms with Crippen LogP contribution in [0.3, 0.4) is 0 Å². The van der Waals surface area contributed by atoms with Gasteiger partial charge in [0.05, 0.1) is 40.9 Å². The molecule has 0 bridgehead atoms. The molecule has 1 aliphatic rings. The number of nitro groups is 1. The number of rotatable bonds is 17. The molecule has 12 nitrogen and oxygen atoms in total. The summed E-state index contributed by atoms with van der Waals surface area (Å²) < 4.78 is 32.7. The summed E-state index contributed by atoms with van der Waals surface area (Å²) in [5, 5.41) is 14.6. The van der Waals surface area contributed by atoms with Crippen LogP contribution in [-0.2, 0) is 38.0 Å². The largest absolute Gasteiger partial charge is 0.460 e. The van der Waals surface area contributed by atoms with Crippen molar-refractivity contribution in [2.24, 2.45) is 0 Å². The van der Waals surface area contributed by atoms with Gasteiger partial charge in [-0.05, 0) is 25.3 Å². The molecule has 1 aromatic rings. The average molecular weight is 551 g/mol. The van der Waals surface area contributed by atoms with Crippen LogP contribution in [0, 0.1) is 10.1 Å². The van der Waals surface area contributed by atoms with E-state index in [1.807, 2.05) is 13.8 Å². The number of ether oxygens (including phenoxy) is 6. The predicted molar refractivity (Wildman–Crippen MR) is 141 cm³/mol. The normalized spacial score (nSPS) is 15.4. The van der Waals surface area contributed by atoms with Gasteiger partial charge in [-0.2, -0.15) is 0 Å². The van der Waals surface area contributed by atoms with Gasteiger partial charge >= 0.3 is 11.9 Å². The highest BCUT2D eigenvalue weighted by Gasteiger charge is 2.41. The van der Waals surface area contributed by atoms with E-state index in [0.29, 0.717) is 24.5 Å². The van der Waals surface area contributed by atoms with E-state index in [0.717, 1.165) is 12.8 Å². The molecule has 1 aromatic carbocycles. The van der Waals surface area contributed by atoms with Crippen LogP contribution in [0.4, 0.5) is 5.69 Å². The van der Waals surface area contributed by atoms with E-state index in [-0.39, 0.29) is 49.0 Å². The minimum atomic E-state index is -1.08. The molecule has 0 saturated carbocycles. The molecule has 1 N–H and O–H groups in total. The van der Waals surface area contributed by atoms with Crippen molar-refractivity contribution < 1.29 is 42.9 Å². The number of dihydropyridines is 1. The summed E-state index contributed by atoms with van der Waals surface area (Å²) in [5.41, 5.74) is 0.770. The van der Waals surface area contributed by atoms with Crippen LogP contribution < -0.4 is 5.32 Å². The number of non-ortho nitro benzene ring substituents is 1. The van der Waals surface area contributed by atoms with Crippen LogP contribution in [0.15, 0.2) is 46.8 Å². The van der Waals surface area contributed by atoms with Crippen LogP contribution in [0.2, 0.25) is 0 Å². The second-order valence-electron chi connectivity index (χ2n) is 8.58. The zero-order valence-electron chi connectivity index (χ0n) is 23.2. The summed E-state index contributed by atoms with van der Waals surface area (Å²) >= 11 is 0. The summed E-state index contributed by atoms with van der Waals surface area (Å²) in [6, 6.07) is 5.71. The molecule has 1 heterocycles. The fraction of sp³-hybridized carbons (Fsp3) is 0.556. The van der Waals surface area contributed by atoms with Gasteiger partial charge in [-0.15, -0.1) is 0 Å². The van der Waals surface area contributed by atoms with Gasteiger partial charge in [0.2, 0.25) is 0 Å². The number of carbonyl (C=O) groups is 2. The number of hydrogen-bond acceptors (Lipinski definition) is 11. The maximum Gasteiger partial charge on any atom is 0.337 e. The highest BCUT2D eigenvalue weighted by atomic mass is 16.7. The van der Waals surface area contributed by atoms with Gasteiger partial charge < -0.3 is 33.7 Å². The van der Waals surface area contributed by atoms with Crippen LogP contribution in [0.1, 0.15) is 45.1 Å². The summed E-state index contributed by atoms with van der Waals surface area (Å²) in [4.78, 5) is 38.0. The van der Waals surface area contributed by atoms with Crippen molar-refractivity contribution in [3.05, 3.63) is 62.5 Å². The molecule has 12 heteroatoms. The fourth-order valence-corrected chi connectivity index (χ4v) is 4.06. The quantitative estimate of drug-likeness (QED) is 0.100. The van der Waals surface area contributed by atoms with Gasteiger partial charge in [-0.25, -0.2) is 9.59 Å². The topological polar surface area (TPSA) is 145 Å². The van der Waals surface area contributed by atoms with Crippen LogP contribution in [0.25, 0.3) is 0 Å². The Labute approximate surface area is 228 Å². The van der Waals surface area contributed by atoms with Gasteiger partial charge in [0.1, 0.15) is 13.2 Å². The first kappa shape index (κ1) is 31.9. The van der Waals surface area contributed by atoms with Gasteiger partial charge in [-0.1, -0.05) is 26.0 Å². The average Bonchev–Trinajstić information content (AvgIpc) is 2.93. The Morgan fingerprint density at radius 3 is 2.00 bits per heavy atom. The van der Waals surface area contributed by atoms with Crippen molar-refractivity contribution in [2.75, 3.05) is 53.9 Å². The minimum Gasteiger partial charge on any atom is -0.460 e. The molecule has 0 aromatic heterocycles. The first-order valence-corrected chi connectivity index (χ1v) is 12.8. The van der Waals surface area contributed by atoms with Crippen molar-refractivity contribution in [1.82, 2.24) is 5.32 Å². The SMILES string of the molecule is CCCOCCOC(=O)C1=C(C)NC(C(OC)OC)=C(C(=O)OCCOCCC)C1c1cccc([N+](=O)[O-])c1. The van der Waals surface area contributed by atoms with Crippen molar-refractivity contribution in [3.8, 4) is 0 Å². The molecule has 216 valence electrons. The molecule has 1 unspecified atom stereocenters. The number of hydrogen-bond donors (Lipinski definition) is 1. The molecule has 1 aliphatic heterocycles. The fourth-order valence-electron chi connectivity index (χ4n) is 4.06. The van der Waals surface area contributed by atoms with E-state index in [9.17, 15) is 19.7 Å². The number of nitrogens with one attached hydrogen (secondary N) is 1. The standard InChI is InChI=1S/C27H38N2O10/c1-6-11-36-13-15-38-25(30)21-18(3)28-24(27(34-4)35-5)23(26(31)39-16-14-37-12-7-2)22(21)19-9-8-10-20(17-19)29(32)33/h8-10,17,22,27-28H,6-7,11-16H2,1-5H3. The number of carbonyl (C=O) groups excluding carboxylic acids is 2. The molecule has 0 saturated heterocycles. The number of benzene rings is 1. The van der Waals surface area contributed by atoms with E-state index < -0.39 is 29.1 Å². The van der Waals surface area contributed by atoms with Crippen LogP contribution >= 0.6 is 0 Å². The Bertz CT molecular complexity index is 1050. The maximum atomic E-state index is 13.6. The first-order valence-electron chi connectivity index (χ1n) is 12.8. The monoisotopic (exact) mass is 550 g/mol. The lowest BCUT2D eigenvalue weighted by Gasteiger charge is -2.33. The summed E-state index contributed by atoms with van der Waals surface area (Å²) in [5.74, 6) is -2.56. The van der Waals surface area contributed by atoms with E-state index in [1.165, 1.54) is 32.4 Å². The van der Waals surface area contributed by atoms with Crippen molar-refractivity contribution >= 4 is 17.6 Å². The second kappa shape index (κ2) is 16.6. The molecule has 39 heavy (non-hydrogen) atoms. The Hall–Kier alpha value is -3.32. The lowest BCUT2D eigenvalue weighted by molar-refractivity contribution is -0.384. The Morgan fingerprint density at radius 1 is 0.923 bits per heavy atom. The number of methoxy groups -OCH3 is 2.